The Balaban J connectivity index is 0.000000155. The molecule has 5 aliphatic carbocycles. The van der Waals surface area contributed by atoms with Crippen LogP contribution in [-0.4, -0.2) is 163 Å². The molecule has 20 rings (SSSR count). The third kappa shape index (κ3) is 21.2. The van der Waals surface area contributed by atoms with Gasteiger partial charge in [0.05, 0.1) is 30.4 Å². The molecular formula is C112H138Cl5N5O7. The van der Waals surface area contributed by atoms with Crippen molar-refractivity contribution in [1.82, 2.24) is 24.5 Å². The van der Waals surface area contributed by atoms with E-state index in [1.807, 2.05) is 36.4 Å². The van der Waals surface area contributed by atoms with Crippen LogP contribution in [0.1, 0.15) is 286 Å². The van der Waals surface area contributed by atoms with Gasteiger partial charge in [0.15, 0.2) is 0 Å². The minimum atomic E-state index is -0.858. The number of hydrogen-bond donors (Lipinski definition) is 3. The summed E-state index contributed by atoms with van der Waals surface area (Å²) in [5.74, 6) is 6.85. The first-order valence-electron chi connectivity index (χ1n) is 46.8. The predicted octanol–water partition coefficient (Wildman–Crippen LogP) is 24.3. The monoisotopic (exact) mass is 1840 g/mol. The zero-order chi connectivity index (χ0) is 86.9. The van der Waals surface area contributed by atoms with Crippen molar-refractivity contribution < 1.29 is 34.4 Å². The van der Waals surface area contributed by atoms with E-state index in [1.165, 1.54) is 167 Å². The van der Waals surface area contributed by atoms with Crippen molar-refractivity contribution in [2.24, 2.45) is 29.6 Å². The molecule has 5 aliphatic heterocycles. The third-order valence-electron chi connectivity index (χ3n) is 30.9. The summed E-state index contributed by atoms with van der Waals surface area (Å²) in [5, 5.41) is 27.7. The van der Waals surface area contributed by atoms with Gasteiger partial charge in [-0.1, -0.05) is 237 Å². The topological polar surface area (TPSA) is 137 Å². The fraction of sp³-hybridized carbons (Fsp3) is 0.438. The van der Waals surface area contributed by atoms with E-state index in [-0.39, 0.29) is 74.6 Å². The number of aliphatic hydroxyl groups excluding tert-OH is 1. The normalized spacial score (nSPS) is 24.7. The molecule has 0 bridgehead atoms. The number of piperidine rings is 5. The van der Waals surface area contributed by atoms with Gasteiger partial charge >= 0.3 is 17.9 Å². The Kier molecular flexibility index (Phi) is 35.0. The molecule has 15 atom stereocenters. The minimum Gasteiger partial charge on any atom is -0.478 e. The Labute approximate surface area is 799 Å². The van der Waals surface area contributed by atoms with Crippen LogP contribution in [0.5, 0.6) is 0 Å². The molecule has 10 aromatic carbocycles. The van der Waals surface area contributed by atoms with E-state index in [0.717, 1.165) is 70.4 Å². The lowest BCUT2D eigenvalue weighted by molar-refractivity contribution is 0.0599. The summed E-state index contributed by atoms with van der Waals surface area (Å²) in [6, 6.07) is 76.8. The Hall–Kier alpha value is -8.18. The maximum Gasteiger partial charge on any atom is 0.337 e. The molecule has 10 aliphatic rings. The lowest BCUT2D eigenvalue weighted by Gasteiger charge is -2.39. The third-order valence-corrected chi connectivity index (χ3v) is 30.9. The van der Waals surface area contributed by atoms with Crippen LogP contribution in [0.4, 0.5) is 0 Å². The second-order valence-electron chi connectivity index (χ2n) is 38.3. The van der Waals surface area contributed by atoms with Gasteiger partial charge in [0.2, 0.25) is 0 Å². The number of rotatable bonds is 14. The summed E-state index contributed by atoms with van der Waals surface area (Å²) in [5.41, 5.74) is 32.4. The van der Waals surface area contributed by atoms with Gasteiger partial charge in [0.25, 0.3) is 0 Å². The average molecular weight is 1840 g/mol. The van der Waals surface area contributed by atoms with E-state index in [4.69, 9.17) is 4.74 Å². The molecule has 3 N–H and O–H groups in total. The summed E-state index contributed by atoms with van der Waals surface area (Å²) < 4.78 is 4.84. The molecule has 5 heterocycles. The number of aryl methyl sites for hydroxylation is 6. The van der Waals surface area contributed by atoms with E-state index < -0.39 is 11.9 Å². The number of aromatic carboxylic acids is 2. The molecule has 0 unspecified atom stereocenters. The number of carboxylic acids is 2. The largest absolute Gasteiger partial charge is 0.478 e. The minimum absolute atomic E-state index is 0. The highest BCUT2D eigenvalue weighted by molar-refractivity contribution is 5.90. The average Bonchev–Trinajstić information content (AvgIpc) is 1.62. The number of carboxylic acid groups (broad SMARTS) is 2. The number of nitrogens with zero attached hydrogens (tertiary/aromatic N) is 5. The first kappa shape index (κ1) is 101. The van der Waals surface area contributed by atoms with Crippen LogP contribution in [-0.2, 0) is 11.3 Å². The Morgan fingerprint density at radius 2 is 0.550 bits per heavy atom. The number of carbonyl (C=O) groups is 3. The van der Waals surface area contributed by atoms with Crippen LogP contribution < -0.4 is 0 Å². The maximum absolute atomic E-state index is 11.8. The lowest BCUT2D eigenvalue weighted by Crippen LogP contribution is -2.42. The van der Waals surface area contributed by atoms with Crippen LogP contribution in [0.2, 0.25) is 0 Å². The van der Waals surface area contributed by atoms with E-state index in [0.29, 0.717) is 106 Å². The van der Waals surface area contributed by atoms with Crippen molar-refractivity contribution in [1.29, 1.82) is 0 Å². The van der Waals surface area contributed by atoms with Crippen molar-refractivity contribution in [3.8, 4) is 0 Å². The van der Waals surface area contributed by atoms with Crippen molar-refractivity contribution in [3.05, 3.63) is 351 Å². The first-order valence-corrected chi connectivity index (χ1v) is 46.8. The number of hydrogen-bond acceptors (Lipinski definition) is 10. The van der Waals surface area contributed by atoms with Gasteiger partial charge in [-0.15, -0.1) is 62.0 Å². The molecule has 0 spiro atoms. The Bertz CT molecular complexity index is 5300. The van der Waals surface area contributed by atoms with Crippen LogP contribution in [0.25, 0.3) is 0 Å². The molecular weight excluding hydrogens is 1700 g/mol. The van der Waals surface area contributed by atoms with Crippen LogP contribution in [0.3, 0.4) is 0 Å². The molecule has 688 valence electrons. The molecule has 12 nitrogen and oxygen atoms in total. The standard InChI is InChI=1S/C23H27NO2.C23H29N.2C22H25NO2.C22H27NO.5ClH/c1-4-24-12-11-19-21(14-24)18-10-5-15(2)13-20(18)22(19)16-6-8-17(9-7-16)23(25)26-3;1-15(2)24-12-11-20-22(14-24)19-10-7-17(4)13-21(19)23(20)18-8-5-16(3)6-9-18;2*1-3-23-11-10-18-20(13-23)17-9-4-14(2)12-19(17)21(18)15-5-7-16(8-6-15)22(24)25;1-3-23-11-10-19-21(13-23)18-9-4-15(2)12-20(18)22(19)17-7-5-16(14-24)6-8-17;;;;;/h5-10,13,19,21-22H,4,11-12,14H2,1-3H3;5-10,13,15,20,22-23H,11-12,14H2,1-4H3;2*4-9,12,18,20-21H,3,10-11,13H2,1-2H3,(H,24,25);4-9,12,19,21-22,24H,3,10-11,13-14H2,1-2H3;5*1H/t19-,21-,22+;20-,22-,23+;2*18-,20-,21+;19-,21-,22+;;;;;/m11111...../s1. The molecule has 0 amide bonds. The number of ether oxygens (including phenoxy) is 1. The van der Waals surface area contributed by atoms with Gasteiger partial charge in [0, 0.05) is 97.9 Å². The van der Waals surface area contributed by atoms with Crippen LogP contribution in [0.15, 0.2) is 212 Å². The summed E-state index contributed by atoms with van der Waals surface area (Å²) in [6.07, 6.45) is 6.23. The van der Waals surface area contributed by atoms with E-state index in [2.05, 4.69) is 259 Å². The van der Waals surface area contributed by atoms with Crippen LogP contribution in [0, 0.1) is 71.1 Å². The fourth-order valence-corrected chi connectivity index (χ4v) is 24.4. The summed E-state index contributed by atoms with van der Waals surface area (Å²) in [4.78, 5) is 47.1. The van der Waals surface area contributed by atoms with Gasteiger partial charge in [-0.25, -0.2) is 14.4 Å². The van der Waals surface area contributed by atoms with E-state index in [1.54, 1.807) is 46.5 Å². The number of fused-ring (bicyclic) bond motifs is 15. The number of halogens is 5. The van der Waals surface area contributed by atoms with Gasteiger partial charge in [-0.05, 0) is 301 Å². The molecule has 0 aromatic heterocycles. The number of methoxy groups -OCH3 is 1. The highest BCUT2D eigenvalue weighted by Crippen LogP contribution is 2.59. The number of aliphatic hydroxyl groups is 1. The molecule has 17 heteroatoms. The number of likely N-dealkylation sites (N-methyl/N-ethyl adjacent to an activating group) is 4. The van der Waals surface area contributed by atoms with Gasteiger partial charge in [-0.3, -0.25) is 0 Å². The predicted molar refractivity (Wildman–Crippen MR) is 539 cm³/mol. The molecule has 10 aromatic rings. The fourth-order valence-electron chi connectivity index (χ4n) is 24.4. The quantitative estimate of drug-likeness (QED) is 0.0894. The van der Waals surface area contributed by atoms with Crippen molar-refractivity contribution in [3.63, 3.8) is 0 Å². The first-order chi connectivity index (χ1) is 60.0. The lowest BCUT2D eigenvalue weighted by atomic mass is 9.78. The number of likely N-dealkylation sites (tertiary alicyclic amines) is 5. The van der Waals surface area contributed by atoms with Gasteiger partial charge in [-0.2, -0.15) is 0 Å². The zero-order valence-electron chi connectivity index (χ0n) is 77.8. The van der Waals surface area contributed by atoms with Crippen molar-refractivity contribution in [2.75, 3.05) is 98.7 Å². The summed E-state index contributed by atoms with van der Waals surface area (Å²) in [7, 11) is 1.43. The Morgan fingerprint density at radius 1 is 0.318 bits per heavy atom. The molecule has 0 radical (unpaired) electrons. The van der Waals surface area contributed by atoms with E-state index >= 15 is 0 Å². The molecule has 5 saturated heterocycles. The highest BCUT2D eigenvalue weighted by Gasteiger charge is 2.50. The molecule has 5 fully saturated rings. The summed E-state index contributed by atoms with van der Waals surface area (Å²) in [6.45, 7) is 43.3. The number of esters is 1. The SMILES string of the molecule is CCN1CC[C@H]2[C@H](c3ccc(C(=O)O)cc3)c3cc(C)ccc3[C@H]2C1.CCN1CC[C@H]2[C@H](c3ccc(C(=O)O)cc3)c3cc(C)ccc3[C@H]2C1.CCN1CC[C@H]2[C@H](c3ccc(C(=O)OC)cc3)c3cc(C)ccc3[C@H]2C1.CCN1CC[C@H]2[C@H](c3ccc(CO)cc3)c3cc(C)ccc3[C@H]2C1.Cc1ccc([C@@H]2c3cc(C)ccc3[C@H]3CN(C(C)C)CC[C@@H]23)cc1.Cl.Cl.Cl.Cl.Cl. The van der Waals surface area contributed by atoms with Crippen LogP contribution >= 0.6 is 62.0 Å². The smallest absolute Gasteiger partial charge is 0.337 e. The zero-order valence-corrected chi connectivity index (χ0v) is 81.9. The summed E-state index contributed by atoms with van der Waals surface area (Å²) >= 11 is 0. The van der Waals surface area contributed by atoms with Gasteiger partial charge < -0.3 is 44.6 Å². The second kappa shape index (κ2) is 44.6. The van der Waals surface area contributed by atoms with E-state index in [9.17, 15) is 29.7 Å². The molecule has 129 heavy (non-hydrogen) atoms. The Morgan fingerprint density at radius 3 is 0.791 bits per heavy atom. The van der Waals surface area contributed by atoms with Gasteiger partial charge in [0.1, 0.15) is 0 Å². The maximum atomic E-state index is 11.8. The molecule has 0 saturated carbocycles. The second-order valence-corrected chi connectivity index (χ2v) is 38.3. The highest BCUT2D eigenvalue weighted by atomic mass is 35.5. The van der Waals surface area contributed by atoms with Crippen molar-refractivity contribution >= 4 is 79.9 Å². The number of benzene rings is 10. The van der Waals surface area contributed by atoms with Crippen molar-refractivity contribution in [2.45, 2.75) is 187 Å². The number of carbonyl (C=O) groups excluding carboxylic acids is 1.